The smallest absolute Gasteiger partial charge is 0.339 e. The molecule has 1 aromatic rings. The zero-order valence-electron chi connectivity index (χ0n) is 10.1. The zero-order valence-corrected chi connectivity index (χ0v) is 10.1. The van der Waals surface area contributed by atoms with E-state index in [0.717, 1.165) is 0 Å². The summed E-state index contributed by atoms with van der Waals surface area (Å²) in [6.45, 7) is 3.55. The highest BCUT2D eigenvalue weighted by Gasteiger charge is 2.21. The van der Waals surface area contributed by atoms with Gasteiger partial charge < -0.3 is 20.8 Å². The molecule has 6 nitrogen and oxygen atoms in total. The molecule has 0 amide bonds. The Kier molecular flexibility index (Phi) is 3.57. The van der Waals surface area contributed by atoms with Crippen molar-refractivity contribution in [3.63, 3.8) is 0 Å². The minimum absolute atomic E-state index is 0.0248. The van der Waals surface area contributed by atoms with Crippen LogP contribution in [-0.4, -0.2) is 40.4 Å². The van der Waals surface area contributed by atoms with Gasteiger partial charge in [-0.3, -0.25) is 0 Å². The molecule has 0 bridgehead atoms. The van der Waals surface area contributed by atoms with Gasteiger partial charge in [-0.1, -0.05) is 0 Å². The lowest BCUT2D eigenvalue weighted by Gasteiger charge is -2.27. The van der Waals surface area contributed by atoms with Gasteiger partial charge in [0.25, 0.3) is 0 Å². The lowest BCUT2D eigenvalue weighted by atomic mass is 10.1. The van der Waals surface area contributed by atoms with E-state index in [1.165, 1.54) is 12.3 Å². The molecule has 0 aliphatic rings. The number of carboxylic acids is 1. The van der Waals surface area contributed by atoms with Crippen LogP contribution in [0.4, 0.5) is 11.5 Å². The van der Waals surface area contributed by atoms with Crippen LogP contribution in [0.15, 0.2) is 12.3 Å². The third-order valence-electron chi connectivity index (χ3n) is 2.10. The second-order valence-corrected chi connectivity index (χ2v) is 4.61. The van der Waals surface area contributed by atoms with Gasteiger partial charge in [-0.15, -0.1) is 0 Å². The van der Waals surface area contributed by atoms with Crippen LogP contribution in [0.25, 0.3) is 0 Å². The van der Waals surface area contributed by atoms with Crippen molar-refractivity contribution in [2.45, 2.75) is 19.4 Å². The van der Waals surface area contributed by atoms with Crippen LogP contribution in [0, 0.1) is 0 Å². The molecular weight excluding hydrogens is 222 g/mol. The van der Waals surface area contributed by atoms with E-state index >= 15 is 0 Å². The molecule has 6 heteroatoms. The number of aromatic nitrogens is 1. The van der Waals surface area contributed by atoms with Crippen molar-refractivity contribution in [1.82, 2.24) is 4.98 Å². The molecule has 1 heterocycles. The fourth-order valence-electron chi connectivity index (χ4n) is 1.59. The van der Waals surface area contributed by atoms with Crippen LogP contribution in [-0.2, 0) is 0 Å². The van der Waals surface area contributed by atoms with Crippen LogP contribution >= 0.6 is 0 Å². The number of carbonyl (C=O) groups is 1. The van der Waals surface area contributed by atoms with Gasteiger partial charge in [0.2, 0.25) is 0 Å². The minimum Gasteiger partial charge on any atom is -0.478 e. The maximum atomic E-state index is 11.1. The van der Waals surface area contributed by atoms with Gasteiger partial charge in [-0.2, -0.15) is 0 Å². The Morgan fingerprint density at radius 2 is 2.18 bits per heavy atom. The van der Waals surface area contributed by atoms with E-state index in [1.807, 2.05) is 0 Å². The maximum absolute atomic E-state index is 11.1. The number of hydrogen-bond acceptors (Lipinski definition) is 5. The Morgan fingerprint density at radius 1 is 1.59 bits per heavy atom. The van der Waals surface area contributed by atoms with Gasteiger partial charge >= 0.3 is 5.97 Å². The number of pyridine rings is 1. The molecule has 1 aromatic heterocycles. The van der Waals surface area contributed by atoms with Crippen molar-refractivity contribution in [2.75, 3.05) is 24.2 Å². The van der Waals surface area contributed by atoms with E-state index in [2.05, 4.69) is 4.98 Å². The Labute approximate surface area is 99.7 Å². The molecule has 0 aliphatic carbocycles. The minimum atomic E-state index is -1.10. The first-order valence-corrected chi connectivity index (χ1v) is 5.13. The number of nitrogens with zero attached hydrogens (tertiary/aromatic N) is 2. The van der Waals surface area contributed by atoms with E-state index in [1.54, 1.807) is 25.8 Å². The predicted octanol–water partition coefficient (Wildman–Crippen LogP) is 0.569. The molecule has 0 aromatic carbocycles. The Balaban J connectivity index is 3.09. The fourth-order valence-corrected chi connectivity index (χ4v) is 1.59. The van der Waals surface area contributed by atoms with E-state index in [4.69, 9.17) is 10.8 Å². The van der Waals surface area contributed by atoms with Gasteiger partial charge in [-0.25, -0.2) is 9.78 Å². The lowest BCUT2D eigenvalue weighted by molar-refractivity contribution is 0.0693. The van der Waals surface area contributed by atoms with Crippen molar-refractivity contribution < 1.29 is 15.0 Å². The molecule has 0 spiro atoms. The molecule has 0 unspecified atom stereocenters. The second-order valence-electron chi connectivity index (χ2n) is 4.61. The summed E-state index contributed by atoms with van der Waals surface area (Å²) in [5.74, 6) is -0.809. The molecule has 0 saturated carbocycles. The number of aromatic carboxylic acids is 1. The number of likely N-dealkylation sites (N-methyl/N-ethyl adjacent to an activating group) is 1. The van der Waals surface area contributed by atoms with E-state index < -0.39 is 11.6 Å². The predicted molar refractivity (Wildman–Crippen MR) is 65.2 cm³/mol. The molecule has 1 rings (SSSR count). The topological polar surface area (TPSA) is 99.7 Å². The Hall–Kier alpha value is -1.82. The summed E-state index contributed by atoms with van der Waals surface area (Å²) in [5.41, 5.74) is 4.88. The summed E-state index contributed by atoms with van der Waals surface area (Å²) in [4.78, 5) is 16.6. The lowest BCUT2D eigenvalue weighted by Crippen LogP contribution is -2.37. The van der Waals surface area contributed by atoms with Crippen molar-refractivity contribution in [3.8, 4) is 0 Å². The number of rotatable bonds is 4. The number of carboxylic acid groups (broad SMARTS) is 1. The number of hydrogen-bond donors (Lipinski definition) is 3. The fraction of sp³-hybridized carbons (Fsp3) is 0.455. The van der Waals surface area contributed by atoms with Crippen molar-refractivity contribution >= 4 is 17.5 Å². The molecule has 94 valence electrons. The third kappa shape index (κ3) is 3.60. The summed E-state index contributed by atoms with van der Waals surface area (Å²) in [7, 11) is 1.67. The van der Waals surface area contributed by atoms with Gasteiger partial charge in [0.05, 0.1) is 17.5 Å². The zero-order chi connectivity index (χ0) is 13.2. The Morgan fingerprint density at radius 3 is 2.65 bits per heavy atom. The number of nitrogens with two attached hydrogens (primary N) is 1. The molecule has 0 fully saturated rings. The van der Waals surface area contributed by atoms with Gasteiger partial charge in [0.1, 0.15) is 11.4 Å². The van der Waals surface area contributed by atoms with Crippen LogP contribution < -0.4 is 10.6 Å². The van der Waals surface area contributed by atoms with Crippen LogP contribution in [0.5, 0.6) is 0 Å². The standard InChI is InChI=1S/C11H17N3O3/c1-11(2,17)6-14(3)9-8(10(15)16)4-7(12)5-13-9/h4-5,17H,6,12H2,1-3H3,(H,15,16). The monoisotopic (exact) mass is 239 g/mol. The number of nitrogen functional groups attached to an aromatic ring is 1. The Bertz CT molecular complexity index is 426. The van der Waals surface area contributed by atoms with Crippen LogP contribution in [0.1, 0.15) is 24.2 Å². The second kappa shape index (κ2) is 4.58. The molecule has 0 aliphatic heterocycles. The van der Waals surface area contributed by atoms with Crippen LogP contribution in [0.3, 0.4) is 0 Å². The maximum Gasteiger partial charge on any atom is 0.339 e. The highest BCUT2D eigenvalue weighted by Crippen LogP contribution is 2.20. The van der Waals surface area contributed by atoms with E-state index in [9.17, 15) is 9.90 Å². The quantitative estimate of drug-likeness (QED) is 0.710. The van der Waals surface area contributed by atoms with Gasteiger partial charge in [0.15, 0.2) is 0 Å². The first-order chi connectivity index (χ1) is 7.70. The summed E-state index contributed by atoms with van der Waals surface area (Å²) in [6, 6.07) is 1.35. The average Bonchev–Trinajstić information content (AvgIpc) is 2.14. The normalized spacial score (nSPS) is 11.3. The third-order valence-corrected chi connectivity index (χ3v) is 2.10. The first kappa shape index (κ1) is 13.2. The van der Waals surface area contributed by atoms with Gasteiger partial charge in [-0.05, 0) is 19.9 Å². The highest BCUT2D eigenvalue weighted by atomic mass is 16.4. The van der Waals surface area contributed by atoms with Gasteiger partial charge in [0, 0.05) is 13.6 Å². The average molecular weight is 239 g/mol. The van der Waals surface area contributed by atoms with Crippen molar-refractivity contribution in [3.05, 3.63) is 17.8 Å². The molecule has 0 saturated heterocycles. The highest BCUT2D eigenvalue weighted by molar-refractivity contribution is 5.94. The number of aliphatic hydroxyl groups is 1. The van der Waals surface area contributed by atoms with Crippen LogP contribution in [0.2, 0.25) is 0 Å². The molecule has 17 heavy (non-hydrogen) atoms. The largest absolute Gasteiger partial charge is 0.478 e. The molecule has 0 radical (unpaired) electrons. The van der Waals surface area contributed by atoms with Crippen molar-refractivity contribution in [2.24, 2.45) is 0 Å². The summed E-state index contributed by atoms with van der Waals surface area (Å²) in [6.07, 6.45) is 1.39. The van der Waals surface area contributed by atoms with E-state index in [0.29, 0.717) is 5.69 Å². The molecular formula is C11H17N3O3. The number of anilines is 2. The van der Waals surface area contributed by atoms with E-state index in [-0.39, 0.29) is 17.9 Å². The molecule has 4 N–H and O–H groups in total. The summed E-state index contributed by atoms with van der Waals surface area (Å²) in [5, 5.41) is 18.7. The summed E-state index contributed by atoms with van der Waals surface area (Å²) < 4.78 is 0. The summed E-state index contributed by atoms with van der Waals surface area (Å²) >= 11 is 0. The molecule has 0 atom stereocenters. The SMILES string of the molecule is CN(CC(C)(C)O)c1ncc(N)cc1C(=O)O. The van der Waals surface area contributed by atoms with Crippen molar-refractivity contribution in [1.29, 1.82) is 0 Å². The first-order valence-electron chi connectivity index (χ1n) is 5.13.